The van der Waals surface area contributed by atoms with Gasteiger partial charge in [-0.2, -0.15) is 11.8 Å². The van der Waals surface area contributed by atoms with Crippen molar-refractivity contribution in [2.24, 2.45) is 0 Å². The molecule has 2 saturated heterocycles. The molecule has 3 aromatic rings. The van der Waals surface area contributed by atoms with Crippen LogP contribution in [0.5, 0.6) is 0 Å². The number of hydrogen-bond acceptors (Lipinski definition) is 6. The third kappa shape index (κ3) is 4.06. The molecule has 0 spiro atoms. The summed E-state index contributed by atoms with van der Waals surface area (Å²) in [6.07, 6.45) is 9.20. The second-order valence-corrected chi connectivity index (χ2v) is 9.20. The van der Waals surface area contributed by atoms with Gasteiger partial charge in [0.2, 0.25) is 0 Å². The van der Waals surface area contributed by atoms with Gasteiger partial charge in [-0.15, -0.1) is 0 Å². The van der Waals surface area contributed by atoms with Crippen molar-refractivity contribution in [3.05, 3.63) is 54.2 Å². The van der Waals surface area contributed by atoms with Crippen LogP contribution in [0.25, 0.3) is 11.2 Å². The Balaban J connectivity index is 1.25. The van der Waals surface area contributed by atoms with Crippen molar-refractivity contribution in [3.63, 3.8) is 0 Å². The molecule has 0 saturated carbocycles. The Bertz CT molecular complexity index is 1010. The van der Waals surface area contributed by atoms with Gasteiger partial charge in [0.25, 0.3) is 5.91 Å². The standard InChI is InChI=1S/C22H26N6OS/c29-22(27-6-3-19(4-7-27)26-8-10-30-11-9-26)18-12-20-21(24-14-18)28(16-25-20)15-17-2-1-5-23-13-17/h1-2,5,12-14,16,19H,3-4,6-11,15H2. The Kier molecular flexibility index (Phi) is 5.68. The Morgan fingerprint density at radius 3 is 2.70 bits per heavy atom. The summed E-state index contributed by atoms with van der Waals surface area (Å²) < 4.78 is 1.99. The number of hydrogen-bond donors (Lipinski definition) is 0. The molecule has 7 nitrogen and oxygen atoms in total. The molecule has 5 rings (SSSR count). The monoisotopic (exact) mass is 422 g/mol. The van der Waals surface area contributed by atoms with Gasteiger partial charge in [-0.25, -0.2) is 9.97 Å². The Morgan fingerprint density at radius 2 is 1.93 bits per heavy atom. The fraction of sp³-hybridized carbons (Fsp3) is 0.455. The van der Waals surface area contributed by atoms with E-state index < -0.39 is 0 Å². The number of pyridine rings is 2. The molecule has 5 heterocycles. The average molecular weight is 423 g/mol. The van der Waals surface area contributed by atoms with Crippen LogP contribution in [0.1, 0.15) is 28.8 Å². The second-order valence-electron chi connectivity index (χ2n) is 7.97. The van der Waals surface area contributed by atoms with E-state index in [4.69, 9.17) is 0 Å². The number of imidazole rings is 1. The number of amides is 1. The van der Waals surface area contributed by atoms with E-state index in [1.54, 1.807) is 18.7 Å². The van der Waals surface area contributed by atoms with Gasteiger partial charge >= 0.3 is 0 Å². The first kappa shape index (κ1) is 19.5. The molecule has 2 fully saturated rings. The summed E-state index contributed by atoms with van der Waals surface area (Å²) in [6, 6.07) is 6.45. The molecule has 0 N–H and O–H groups in total. The molecule has 30 heavy (non-hydrogen) atoms. The number of carbonyl (C=O) groups is 1. The molecule has 0 radical (unpaired) electrons. The van der Waals surface area contributed by atoms with Crippen molar-refractivity contribution in [2.75, 3.05) is 37.7 Å². The van der Waals surface area contributed by atoms with Gasteiger partial charge in [-0.05, 0) is 30.5 Å². The van der Waals surface area contributed by atoms with E-state index >= 15 is 0 Å². The molecule has 3 aromatic heterocycles. The summed E-state index contributed by atoms with van der Waals surface area (Å²) in [5.74, 6) is 2.54. The lowest BCUT2D eigenvalue weighted by atomic mass is 10.0. The molecule has 1 amide bonds. The molecule has 8 heteroatoms. The maximum Gasteiger partial charge on any atom is 0.255 e. The predicted molar refractivity (Wildman–Crippen MR) is 119 cm³/mol. The number of fused-ring (bicyclic) bond motifs is 1. The van der Waals surface area contributed by atoms with Crippen LogP contribution in [0.15, 0.2) is 43.1 Å². The third-order valence-electron chi connectivity index (χ3n) is 6.09. The van der Waals surface area contributed by atoms with Gasteiger partial charge in [-0.3, -0.25) is 14.7 Å². The Labute approximate surface area is 180 Å². The highest BCUT2D eigenvalue weighted by molar-refractivity contribution is 7.99. The summed E-state index contributed by atoms with van der Waals surface area (Å²) in [5.41, 5.74) is 3.26. The zero-order valence-electron chi connectivity index (χ0n) is 17.0. The largest absolute Gasteiger partial charge is 0.338 e. The smallest absolute Gasteiger partial charge is 0.255 e. The second kappa shape index (κ2) is 8.73. The van der Waals surface area contributed by atoms with Gasteiger partial charge in [0, 0.05) is 62.3 Å². The van der Waals surface area contributed by atoms with Crippen LogP contribution in [0, 0.1) is 0 Å². The fourth-order valence-electron chi connectivity index (χ4n) is 4.43. The van der Waals surface area contributed by atoms with Crippen molar-refractivity contribution < 1.29 is 4.79 Å². The third-order valence-corrected chi connectivity index (χ3v) is 7.03. The summed E-state index contributed by atoms with van der Waals surface area (Å²) in [6.45, 7) is 4.67. The molecule has 0 atom stereocenters. The number of likely N-dealkylation sites (tertiary alicyclic amines) is 1. The van der Waals surface area contributed by atoms with Crippen LogP contribution in [0.4, 0.5) is 0 Å². The highest BCUT2D eigenvalue weighted by Gasteiger charge is 2.28. The molecule has 0 unspecified atom stereocenters. The Morgan fingerprint density at radius 1 is 1.10 bits per heavy atom. The first-order chi connectivity index (χ1) is 14.8. The molecule has 2 aliphatic heterocycles. The van der Waals surface area contributed by atoms with Crippen molar-refractivity contribution in [1.82, 2.24) is 29.3 Å². The van der Waals surface area contributed by atoms with Gasteiger partial charge in [0.1, 0.15) is 5.52 Å². The molecular formula is C22H26N6OS. The van der Waals surface area contributed by atoms with E-state index in [0.717, 1.165) is 42.7 Å². The Hall–Kier alpha value is -2.45. The number of nitrogens with zero attached hydrogens (tertiary/aromatic N) is 6. The summed E-state index contributed by atoms with van der Waals surface area (Å²) >= 11 is 2.04. The van der Waals surface area contributed by atoms with E-state index in [1.165, 1.54) is 24.6 Å². The number of carbonyl (C=O) groups excluding carboxylic acids is 1. The van der Waals surface area contributed by atoms with Crippen LogP contribution in [-0.2, 0) is 6.54 Å². The summed E-state index contributed by atoms with van der Waals surface area (Å²) in [7, 11) is 0. The van der Waals surface area contributed by atoms with E-state index in [2.05, 4.69) is 19.9 Å². The fourth-order valence-corrected chi connectivity index (χ4v) is 5.36. The normalized spacial score (nSPS) is 18.7. The SMILES string of the molecule is O=C(c1cnc2c(c1)ncn2Cc1cccnc1)N1CCC(N2CCSCC2)CC1. The van der Waals surface area contributed by atoms with Crippen molar-refractivity contribution in [2.45, 2.75) is 25.4 Å². The maximum absolute atomic E-state index is 13.1. The minimum absolute atomic E-state index is 0.0684. The van der Waals surface area contributed by atoms with Gasteiger partial charge in [-0.1, -0.05) is 6.07 Å². The molecule has 2 aliphatic rings. The summed E-state index contributed by atoms with van der Waals surface area (Å²) in [5, 5.41) is 0. The van der Waals surface area contributed by atoms with Crippen LogP contribution in [-0.4, -0.2) is 79.0 Å². The zero-order chi connectivity index (χ0) is 20.3. The highest BCUT2D eigenvalue weighted by atomic mass is 32.2. The van der Waals surface area contributed by atoms with Gasteiger partial charge in [0.15, 0.2) is 5.65 Å². The van der Waals surface area contributed by atoms with E-state index in [1.807, 2.05) is 45.6 Å². The number of thioether (sulfide) groups is 1. The average Bonchev–Trinajstić information content (AvgIpc) is 3.22. The first-order valence-electron chi connectivity index (χ1n) is 10.6. The van der Waals surface area contributed by atoms with Crippen LogP contribution >= 0.6 is 11.8 Å². The molecule has 0 aliphatic carbocycles. The predicted octanol–water partition coefficient (Wildman–Crippen LogP) is 2.53. The van der Waals surface area contributed by atoms with E-state index in [-0.39, 0.29) is 5.91 Å². The first-order valence-corrected chi connectivity index (χ1v) is 11.7. The van der Waals surface area contributed by atoms with Crippen molar-refractivity contribution >= 4 is 28.8 Å². The quantitative estimate of drug-likeness (QED) is 0.644. The molecular weight excluding hydrogens is 396 g/mol. The maximum atomic E-state index is 13.1. The number of rotatable bonds is 4. The minimum atomic E-state index is 0.0684. The lowest BCUT2D eigenvalue weighted by Crippen LogP contribution is -2.49. The van der Waals surface area contributed by atoms with Crippen LogP contribution in [0.2, 0.25) is 0 Å². The topological polar surface area (TPSA) is 67.2 Å². The van der Waals surface area contributed by atoms with Crippen molar-refractivity contribution in [3.8, 4) is 0 Å². The molecule has 0 bridgehead atoms. The lowest BCUT2D eigenvalue weighted by Gasteiger charge is -2.40. The van der Waals surface area contributed by atoms with E-state index in [9.17, 15) is 4.79 Å². The zero-order valence-corrected chi connectivity index (χ0v) is 17.8. The lowest BCUT2D eigenvalue weighted by molar-refractivity contribution is 0.0630. The molecule has 0 aromatic carbocycles. The van der Waals surface area contributed by atoms with Gasteiger partial charge in [0.05, 0.1) is 18.4 Å². The van der Waals surface area contributed by atoms with Crippen LogP contribution in [0.3, 0.4) is 0 Å². The van der Waals surface area contributed by atoms with Crippen LogP contribution < -0.4 is 0 Å². The number of piperidine rings is 1. The number of aromatic nitrogens is 4. The molecule has 156 valence electrons. The van der Waals surface area contributed by atoms with Crippen molar-refractivity contribution in [1.29, 1.82) is 0 Å². The minimum Gasteiger partial charge on any atom is -0.338 e. The van der Waals surface area contributed by atoms with E-state index in [0.29, 0.717) is 18.2 Å². The van der Waals surface area contributed by atoms with Gasteiger partial charge < -0.3 is 9.47 Å². The summed E-state index contributed by atoms with van der Waals surface area (Å²) in [4.78, 5) is 30.8. The highest BCUT2D eigenvalue weighted by Crippen LogP contribution is 2.22.